The van der Waals surface area contributed by atoms with Gasteiger partial charge in [-0.05, 0) is 61.9 Å². The Bertz CT molecular complexity index is 1390. The van der Waals surface area contributed by atoms with Crippen molar-refractivity contribution in [2.24, 2.45) is 0 Å². The topological polar surface area (TPSA) is 60.5 Å². The molecule has 4 aromatic rings. The van der Waals surface area contributed by atoms with Crippen LogP contribution in [0.5, 0.6) is 11.5 Å². The van der Waals surface area contributed by atoms with Gasteiger partial charge in [-0.1, -0.05) is 34.8 Å². The number of nitrogens with zero attached hydrogens (tertiary/aromatic N) is 1. The van der Waals surface area contributed by atoms with Crippen molar-refractivity contribution >= 4 is 45.7 Å². The van der Waals surface area contributed by atoms with E-state index >= 15 is 0 Å². The Morgan fingerprint density at radius 2 is 1.73 bits per heavy atom. The van der Waals surface area contributed by atoms with E-state index in [-0.39, 0.29) is 5.91 Å². The predicted molar refractivity (Wildman–Crippen MR) is 134 cm³/mol. The van der Waals surface area contributed by atoms with Gasteiger partial charge in [0, 0.05) is 22.0 Å². The number of aromatic nitrogens is 1. The van der Waals surface area contributed by atoms with Crippen LogP contribution in [0.3, 0.4) is 0 Å². The van der Waals surface area contributed by atoms with E-state index in [0.717, 1.165) is 22.0 Å². The molecule has 0 atom stereocenters. The molecule has 0 saturated carbocycles. The van der Waals surface area contributed by atoms with Gasteiger partial charge in [0.05, 0.1) is 41.7 Å². The zero-order valence-corrected chi connectivity index (χ0v) is 20.1. The Labute approximate surface area is 202 Å². The molecule has 1 aromatic heterocycles. The second-order valence-electron chi connectivity index (χ2n) is 7.68. The van der Waals surface area contributed by atoms with Gasteiger partial charge in [-0.3, -0.25) is 4.79 Å². The lowest BCUT2D eigenvalue weighted by Gasteiger charge is -2.15. The van der Waals surface area contributed by atoms with Crippen LogP contribution in [0.1, 0.15) is 21.5 Å². The number of hydrogen-bond donors (Lipinski definition) is 1. The van der Waals surface area contributed by atoms with Gasteiger partial charge >= 0.3 is 0 Å². The lowest BCUT2D eigenvalue weighted by atomic mass is 9.99. The smallest absolute Gasteiger partial charge is 0.256 e. The first-order valence-corrected chi connectivity index (χ1v) is 11.0. The van der Waals surface area contributed by atoms with Crippen LogP contribution in [-0.2, 0) is 0 Å². The number of anilines is 1. The number of carbonyl (C=O) groups excluding carboxylic acids is 1. The SMILES string of the molecule is COc1ccc(OC)c(NC(=O)c2cc(-c3ccc(Cl)cc3Cl)nc3c(C)cc(C)cc23)c1. The number of fused-ring (bicyclic) bond motifs is 1. The standard InChI is InChI=1S/C26H22Cl2N2O3/c1-14-9-15(2)25-19(10-14)20(13-22(29-25)18-7-5-16(27)11-21(18)28)26(31)30-23-12-17(32-3)6-8-24(23)33-4/h5-13H,1-4H3,(H,30,31). The highest BCUT2D eigenvalue weighted by Gasteiger charge is 2.19. The number of benzene rings is 3. The minimum Gasteiger partial charge on any atom is -0.497 e. The third-order valence-electron chi connectivity index (χ3n) is 5.35. The highest BCUT2D eigenvalue weighted by Crippen LogP contribution is 2.34. The van der Waals surface area contributed by atoms with Crippen LogP contribution < -0.4 is 14.8 Å². The molecule has 0 saturated heterocycles. The van der Waals surface area contributed by atoms with Crippen LogP contribution in [0.4, 0.5) is 5.69 Å². The van der Waals surface area contributed by atoms with Crippen LogP contribution in [-0.4, -0.2) is 25.1 Å². The molecule has 0 aliphatic rings. The van der Waals surface area contributed by atoms with E-state index in [4.69, 9.17) is 37.7 Å². The molecule has 7 heteroatoms. The van der Waals surface area contributed by atoms with Crippen molar-refractivity contribution in [1.29, 1.82) is 0 Å². The average Bonchev–Trinajstić information content (AvgIpc) is 2.78. The van der Waals surface area contributed by atoms with Crippen molar-refractivity contribution in [3.63, 3.8) is 0 Å². The molecule has 3 aromatic carbocycles. The van der Waals surface area contributed by atoms with Crippen molar-refractivity contribution < 1.29 is 14.3 Å². The maximum atomic E-state index is 13.6. The first-order valence-electron chi connectivity index (χ1n) is 10.2. The van der Waals surface area contributed by atoms with Gasteiger partial charge in [0.1, 0.15) is 11.5 Å². The third kappa shape index (κ3) is 4.61. The molecular formula is C26H22Cl2N2O3. The monoisotopic (exact) mass is 480 g/mol. The van der Waals surface area contributed by atoms with Gasteiger partial charge in [0.2, 0.25) is 0 Å². The summed E-state index contributed by atoms with van der Waals surface area (Å²) < 4.78 is 10.7. The zero-order chi connectivity index (χ0) is 23.7. The highest BCUT2D eigenvalue weighted by atomic mass is 35.5. The molecule has 33 heavy (non-hydrogen) atoms. The summed E-state index contributed by atoms with van der Waals surface area (Å²) in [4.78, 5) is 18.4. The van der Waals surface area contributed by atoms with Crippen LogP contribution in [0, 0.1) is 13.8 Å². The summed E-state index contributed by atoms with van der Waals surface area (Å²) in [6, 6.07) is 16.2. The van der Waals surface area contributed by atoms with Gasteiger partial charge in [-0.25, -0.2) is 4.98 Å². The summed E-state index contributed by atoms with van der Waals surface area (Å²) in [6.45, 7) is 3.96. The normalized spacial score (nSPS) is 10.8. The van der Waals surface area contributed by atoms with Gasteiger partial charge in [-0.15, -0.1) is 0 Å². The van der Waals surface area contributed by atoms with Gasteiger partial charge < -0.3 is 14.8 Å². The Hall–Kier alpha value is -3.28. The quantitative estimate of drug-likeness (QED) is 0.331. The van der Waals surface area contributed by atoms with Gasteiger partial charge in [-0.2, -0.15) is 0 Å². The predicted octanol–water partition coefficient (Wildman–Crippen LogP) is 7.09. The molecule has 0 aliphatic heterocycles. The fraction of sp³-hybridized carbons (Fsp3) is 0.154. The molecule has 5 nitrogen and oxygen atoms in total. The third-order valence-corrected chi connectivity index (χ3v) is 5.90. The lowest BCUT2D eigenvalue weighted by molar-refractivity contribution is 0.102. The fourth-order valence-corrected chi connectivity index (χ4v) is 4.31. The van der Waals surface area contributed by atoms with Crippen LogP contribution in [0.2, 0.25) is 10.0 Å². The maximum absolute atomic E-state index is 13.6. The number of methoxy groups -OCH3 is 2. The largest absolute Gasteiger partial charge is 0.497 e. The summed E-state index contributed by atoms with van der Waals surface area (Å²) in [5, 5.41) is 4.70. The molecule has 0 radical (unpaired) electrons. The highest BCUT2D eigenvalue weighted by molar-refractivity contribution is 6.36. The lowest BCUT2D eigenvalue weighted by Crippen LogP contribution is -2.14. The number of carbonyl (C=O) groups is 1. The summed E-state index contributed by atoms with van der Waals surface area (Å²) >= 11 is 12.5. The zero-order valence-electron chi connectivity index (χ0n) is 18.6. The first kappa shape index (κ1) is 22.9. The molecule has 4 rings (SSSR count). The number of halogens is 2. The number of rotatable bonds is 5. The van der Waals surface area contributed by atoms with E-state index < -0.39 is 0 Å². The number of hydrogen-bond acceptors (Lipinski definition) is 4. The van der Waals surface area contributed by atoms with Crippen molar-refractivity contribution in [3.05, 3.63) is 81.3 Å². The minimum absolute atomic E-state index is 0.301. The number of aryl methyl sites for hydroxylation is 2. The van der Waals surface area contributed by atoms with E-state index in [0.29, 0.717) is 44.1 Å². The van der Waals surface area contributed by atoms with Crippen LogP contribution in [0.25, 0.3) is 22.2 Å². The Morgan fingerprint density at radius 3 is 2.42 bits per heavy atom. The van der Waals surface area contributed by atoms with E-state index in [9.17, 15) is 4.79 Å². The van der Waals surface area contributed by atoms with E-state index in [1.165, 1.54) is 0 Å². The maximum Gasteiger partial charge on any atom is 0.256 e. The Morgan fingerprint density at radius 1 is 0.939 bits per heavy atom. The second-order valence-corrected chi connectivity index (χ2v) is 8.52. The molecule has 0 fully saturated rings. The number of amides is 1. The van der Waals surface area contributed by atoms with Crippen molar-refractivity contribution in [1.82, 2.24) is 4.98 Å². The number of ether oxygens (including phenoxy) is 2. The summed E-state index contributed by atoms with van der Waals surface area (Å²) in [5.74, 6) is 0.826. The van der Waals surface area contributed by atoms with Crippen LogP contribution >= 0.6 is 23.2 Å². The Kier molecular flexibility index (Phi) is 6.45. The van der Waals surface area contributed by atoms with Crippen molar-refractivity contribution in [2.45, 2.75) is 13.8 Å². The van der Waals surface area contributed by atoms with Gasteiger partial charge in [0.15, 0.2) is 0 Å². The summed E-state index contributed by atoms with van der Waals surface area (Å²) in [7, 11) is 3.12. The molecule has 1 amide bonds. The van der Waals surface area contributed by atoms with E-state index in [1.54, 1.807) is 56.7 Å². The summed E-state index contributed by atoms with van der Waals surface area (Å²) in [6.07, 6.45) is 0. The fourth-order valence-electron chi connectivity index (χ4n) is 3.81. The van der Waals surface area contributed by atoms with Gasteiger partial charge in [0.25, 0.3) is 5.91 Å². The molecule has 0 aliphatic carbocycles. The molecule has 1 N–H and O–H groups in total. The molecule has 0 bridgehead atoms. The molecule has 0 unspecified atom stereocenters. The Balaban J connectivity index is 1.90. The summed E-state index contributed by atoms with van der Waals surface area (Å²) in [5.41, 5.74) is 4.97. The van der Waals surface area contributed by atoms with Crippen molar-refractivity contribution in [3.8, 4) is 22.8 Å². The molecule has 0 spiro atoms. The molecule has 1 heterocycles. The number of pyridine rings is 1. The van der Waals surface area contributed by atoms with Crippen LogP contribution in [0.15, 0.2) is 54.6 Å². The average molecular weight is 481 g/mol. The van der Waals surface area contributed by atoms with E-state index in [1.807, 2.05) is 26.0 Å². The molecule has 168 valence electrons. The van der Waals surface area contributed by atoms with E-state index in [2.05, 4.69) is 5.32 Å². The minimum atomic E-state index is -0.301. The second kappa shape index (κ2) is 9.30. The first-order chi connectivity index (χ1) is 15.8. The van der Waals surface area contributed by atoms with Crippen molar-refractivity contribution in [2.75, 3.05) is 19.5 Å². The molecular weight excluding hydrogens is 459 g/mol. The number of nitrogens with one attached hydrogen (secondary N) is 1.